The van der Waals surface area contributed by atoms with Gasteiger partial charge in [0.1, 0.15) is 5.75 Å². The Balaban J connectivity index is 1.82. The van der Waals surface area contributed by atoms with Gasteiger partial charge in [0, 0.05) is 16.8 Å². The number of hydrogen-bond acceptors (Lipinski definition) is 6. The van der Waals surface area contributed by atoms with Crippen LogP contribution in [0.2, 0.25) is 5.02 Å². The van der Waals surface area contributed by atoms with Crippen molar-refractivity contribution >= 4 is 34.8 Å². The van der Waals surface area contributed by atoms with Crippen molar-refractivity contribution in [3.63, 3.8) is 0 Å². The number of methoxy groups -OCH3 is 4. The summed E-state index contributed by atoms with van der Waals surface area (Å²) in [6.45, 7) is 0. The summed E-state index contributed by atoms with van der Waals surface area (Å²) in [7, 11) is 5.96. The summed E-state index contributed by atoms with van der Waals surface area (Å²) in [5.41, 5.74) is 1.45. The van der Waals surface area contributed by atoms with E-state index in [1.807, 2.05) is 0 Å². The molecule has 0 fully saturated rings. The van der Waals surface area contributed by atoms with Crippen LogP contribution < -0.4 is 29.6 Å². The van der Waals surface area contributed by atoms with E-state index in [0.717, 1.165) is 0 Å². The normalized spacial score (nSPS) is 10.2. The number of carbonyl (C=O) groups is 2. The molecule has 0 aliphatic carbocycles. The Morgan fingerprint density at radius 1 is 0.697 bits per heavy atom. The lowest BCUT2D eigenvalue weighted by Crippen LogP contribution is -2.15. The molecule has 3 aromatic rings. The van der Waals surface area contributed by atoms with E-state index in [-0.39, 0.29) is 22.2 Å². The number of ether oxygens (including phenoxy) is 4. The number of carbonyl (C=O) groups excluding carboxylic acids is 2. The molecule has 0 spiro atoms. The molecule has 9 heteroatoms. The zero-order valence-electron chi connectivity index (χ0n) is 18.5. The van der Waals surface area contributed by atoms with Gasteiger partial charge in [-0.25, -0.2) is 0 Å². The molecule has 0 unspecified atom stereocenters. The molecule has 0 atom stereocenters. The second-order valence-corrected chi connectivity index (χ2v) is 7.15. The van der Waals surface area contributed by atoms with Gasteiger partial charge in [0.15, 0.2) is 11.5 Å². The van der Waals surface area contributed by atoms with Crippen LogP contribution in [0.15, 0.2) is 54.6 Å². The van der Waals surface area contributed by atoms with E-state index in [0.29, 0.717) is 34.2 Å². The van der Waals surface area contributed by atoms with E-state index in [1.54, 1.807) is 37.4 Å². The van der Waals surface area contributed by atoms with Gasteiger partial charge in [-0.3, -0.25) is 9.59 Å². The van der Waals surface area contributed by atoms with Gasteiger partial charge < -0.3 is 29.6 Å². The first-order chi connectivity index (χ1) is 15.9. The van der Waals surface area contributed by atoms with Gasteiger partial charge in [0.05, 0.1) is 39.1 Å². The summed E-state index contributed by atoms with van der Waals surface area (Å²) >= 11 is 6.26. The molecule has 3 rings (SSSR count). The van der Waals surface area contributed by atoms with Crippen LogP contribution in [0.5, 0.6) is 23.0 Å². The largest absolute Gasteiger partial charge is 0.497 e. The van der Waals surface area contributed by atoms with E-state index in [4.69, 9.17) is 30.5 Å². The second kappa shape index (κ2) is 10.6. The number of rotatable bonds is 8. The average Bonchev–Trinajstić information content (AvgIpc) is 2.84. The fourth-order valence-corrected chi connectivity index (χ4v) is 3.21. The van der Waals surface area contributed by atoms with Crippen molar-refractivity contribution < 1.29 is 28.5 Å². The van der Waals surface area contributed by atoms with Crippen molar-refractivity contribution in [1.82, 2.24) is 0 Å². The minimum atomic E-state index is -0.469. The molecule has 33 heavy (non-hydrogen) atoms. The number of benzene rings is 3. The lowest BCUT2D eigenvalue weighted by atomic mass is 10.1. The molecular weight excluding hydrogens is 448 g/mol. The lowest BCUT2D eigenvalue weighted by Gasteiger charge is -2.15. The zero-order chi connectivity index (χ0) is 24.0. The van der Waals surface area contributed by atoms with Crippen molar-refractivity contribution in [1.29, 1.82) is 0 Å². The maximum absolute atomic E-state index is 12.9. The molecule has 0 aromatic heterocycles. The SMILES string of the molecule is COc1ccc(NC(=O)c2ccc(Cl)c(NC(=O)c3cc(OC)c(OC)c(OC)c3)c2)cc1. The van der Waals surface area contributed by atoms with Crippen LogP contribution in [-0.4, -0.2) is 40.3 Å². The van der Waals surface area contributed by atoms with Crippen LogP contribution in [0.1, 0.15) is 20.7 Å². The number of anilines is 2. The summed E-state index contributed by atoms with van der Waals surface area (Å²) in [6, 6.07) is 14.6. The molecule has 8 nitrogen and oxygen atoms in total. The fourth-order valence-electron chi connectivity index (χ4n) is 3.05. The average molecular weight is 471 g/mol. The van der Waals surface area contributed by atoms with Crippen molar-refractivity contribution in [2.45, 2.75) is 0 Å². The van der Waals surface area contributed by atoms with E-state index in [9.17, 15) is 9.59 Å². The first kappa shape index (κ1) is 23.7. The third-order valence-corrected chi connectivity index (χ3v) is 5.08. The molecule has 0 saturated heterocycles. The summed E-state index contributed by atoms with van der Waals surface area (Å²) in [5.74, 6) is 0.883. The van der Waals surface area contributed by atoms with Crippen molar-refractivity contribution in [3.8, 4) is 23.0 Å². The molecular formula is C24H23ClN2O6. The molecule has 0 saturated carbocycles. The van der Waals surface area contributed by atoms with Crippen LogP contribution in [0.3, 0.4) is 0 Å². The minimum absolute atomic E-state index is 0.258. The highest BCUT2D eigenvalue weighted by Gasteiger charge is 2.18. The van der Waals surface area contributed by atoms with E-state index in [1.165, 1.54) is 45.6 Å². The predicted octanol–water partition coefficient (Wildman–Crippen LogP) is 4.88. The summed E-state index contributed by atoms with van der Waals surface area (Å²) in [5, 5.41) is 5.78. The highest BCUT2D eigenvalue weighted by molar-refractivity contribution is 6.34. The molecule has 3 aromatic carbocycles. The molecule has 0 heterocycles. The zero-order valence-corrected chi connectivity index (χ0v) is 19.3. The van der Waals surface area contributed by atoms with E-state index < -0.39 is 5.91 Å². The topological polar surface area (TPSA) is 95.1 Å². The van der Waals surface area contributed by atoms with Gasteiger partial charge in [-0.1, -0.05) is 11.6 Å². The van der Waals surface area contributed by atoms with Gasteiger partial charge in [0.2, 0.25) is 5.75 Å². The van der Waals surface area contributed by atoms with Crippen molar-refractivity contribution in [2.75, 3.05) is 39.1 Å². The third kappa shape index (κ3) is 5.48. The van der Waals surface area contributed by atoms with E-state index >= 15 is 0 Å². The van der Waals surface area contributed by atoms with Crippen LogP contribution >= 0.6 is 11.6 Å². The third-order valence-electron chi connectivity index (χ3n) is 4.75. The Bertz CT molecular complexity index is 1140. The first-order valence-corrected chi connectivity index (χ1v) is 10.1. The van der Waals surface area contributed by atoms with Crippen LogP contribution in [-0.2, 0) is 0 Å². The maximum Gasteiger partial charge on any atom is 0.255 e. The number of nitrogens with one attached hydrogen (secondary N) is 2. The molecule has 0 aliphatic rings. The number of amides is 2. The Morgan fingerprint density at radius 3 is 1.85 bits per heavy atom. The Labute approximate surface area is 196 Å². The smallest absolute Gasteiger partial charge is 0.255 e. The minimum Gasteiger partial charge on any atom is -0.497 e. The van der Waals surface area contributed by atoms with Gasteiger partial charge in [-0.15, -0.1) is 0 Å². The second-order valence-electron chi connectivity index (χ2n) is 6.75. The predicted molar refractivity (Wildman–Crippen MR) is 126 cm³/mol. The van der Waals surface area contributed by atoms with Gasteiger partial charge >= 0.3 is 0 Å². The molecule has 172 valence electrons. The fraction of sp³-hybridized carbons (Fsp3) is 0.167. The maximum atomic E-state index is 12.9. The first-order valence-electron chi connectivity index (χ1n) is 9.76. The summed E-state index contributed by atoms with van der Waals surface area (Å²) in [4.78, 5) is 25.6. The Hall–Kier alpha value is -3.91. The van der Waals surface area contributed by atoms with Gasteiger partial charge in [0.25, 0.3) is 11.8 Å². The van der Waals surface area contributed by atoms with E-state index in [2.05, 4.69) is 10.6 Å². The van der Waals surface area contributed by atoms with Crippen molar-refractivity contribution in [2.24, 2.45) is 0 Å². The van der Waals surface area contributed by atoms with Crippen molar-refractivity contribution in [3.05, 3.63) is 70.7 Å². The molecule has 2 amide bonds. The van der Waals surface area contributed by atoms with Crippen LogP contribution in [0.25, 0.3) is 0 Å². The highest BCUT2D eigenvalue weighted by Crippen LogP contribution is 2.38. The Kier molecular flexibility index (Phi) is 7.63. The highest BCUT2D eigenvalue weighted by atomic mass is 35.5. The lowest BCUT2D eigenvalue weighted by molar-refractivity contribution is 0.101. The summed E-state index contributed by atoms with van der Waals surface area (Å²) in [6.07, 6.45) is 0. The van der Waals surface area contributed by atoms with Crippen LogP contribution in [0.4, 0.5) is 11.4 Å². The Morgan fingerprint density at radius 2 is 1.30 bits per heavy atom. The van der Waals surface area contributed by atoms with Crippen LogP contribution in [0, 0.1) is 0 Å². The van der Waals surface area contributed by atoms with Gasteiger partial charge in [-0.2, -0.15) is 0 Å². The number of hydrogen-bond donors (Lipinski definition) is 2. The molecule has 2 N–H and O–H groups in total. The monoisotopic (exact) mass is 470 g/mol. The molecule has 0 radical (unpaired) electrons. The summed E-state index contributed by atoms with van der Waals surface area (Å²) < 4.78 is 21.0. The number of halogens is 1. The van der Waals surface area contributed by atoms with Gasteiger partial charge in [-0.05, 0) is 54.6 Å². The molecule has 0 aliphatic heterocycles. The molecule has 0 bridgehead atoms. The standard InChI is InChI=1S/C24H23ClN2O6/c1-30-17-8-6-16(7-9-17)26-23(28)14-5-10-18(25)19(11-14)27-24(29)15-12-20(31-2)22(33-4)21(13-15)32-3/h5-13H,1-4H3,(H,26,28)(H,27,29). The quantitative estimate of drug-likeness (QED) is 0.487.